The lowest BCUT2D eigenvalue weighted by Crippen LogP contribution is -2.16. The summed E-state index contributed by atoms with van der Waals surface area (Å²) < 4.78 is 6.42. The van der Waals surface area contributed by atoms with Crippen molar-refractivity contribution >= 4 is 45.5 Å². The number of carbonyl (C=O) groups excluding carboxylic acids is 2. The fourth-order valence-corrected chi connectivity index (χ4v) is 6.93. The molecule has 218 valence electrons. The van der Waals surface area contributed by atoms with E-state index in [1.165, 1.54) is 0 Å². The first-order valence-electron chi connectivity index (χ1n) is 15.1. The van der Waals surface area contributed by atoms with Crippen LogP contribution in [0.25, 0.3) is 28.2 Å². The standard InChI is InChI=1S/C40H30N2O3/c1-23-16-29(17-24(2)41-23)42(27-12-6-5-7-13-27)28-14-15-31-35(20-28)40(3,4)36-22-30(45-39(31)36)21-34-37(43)32-18-25-10-8-9-11-26(25)19-33(32)38(34)44/h5-22H,1-4H3. The SMILES string of the molecule is Cc1cc(N(c2ccccc2)c2ccc3c(c2)C(C)(C)c2cc(C=C4C(=O)c5cc6ccccc6cc5C4=O)oc2-3)cc(C)n1. The number of nitrogens with zero attached hydrogens (tertiary/aromatic N) is 2. The third-order valence-electron chi connectivity index (χ3n) is 9.09. The number of ketones is 2. The van der Waals surface area contributed by atoms with Gasteiger partial charge in [-0.2, -0.15) is 0 Å². The van der Waals surface area contributed by atoms with Crippen molar-refractivity contribution in [2.24, 2.45) is 0 Å². The van der Waals surface area contributed by atoms with Crippen molar-refractivity contribution in [3.63, 3.8) is 0 Å². The van der Waals surface area contributed by atoms with Gasteiger partial charge in [0.1, 0.15) is 11.5 Å². The minimum atomic E-state index is -0.363. The third-order valence-corrected chi connectivity index (χ3v) is 9.09. The van der Waals surface area contributed by atoms with E-state index in [1.807, 2.05) is 74.5 Å². The Morgan fingerprint density at radius 1 is 0.644 bits per heavy atom. The van der Waals surface area contributed by atoms with Gasteiger partial charge in [-0.1, -0.05) is 56.3 Å². The Kier molecular flexibility index (Phi) is 5.84. The van der Waals surface area contributed by atoms with E-state index in [0.717, 1.165) is 61.7 Å². The summed E-state index contributed by atoms with van der Waals surface area (Å²) in [6.07, 6.45) is 1.61. The molecule has 2 heterocycles. The lowest BCUT2D eigenvalue weighted by atomic mass is 9.82. The number of hydrogen-bond donors (Lipinski definition) is 0. The first-order chi connectivity index (χ1) is 21.7. The summed E-state index contributed by atoms with van der Waals surface area (Å²) in [6, 6.07) is 34.4. The Morgan fingerprint density at radius 2 is 1.27 bits per heavy atom. The van der Waals surface area contributed by atoms with Crippen molar-refractivity contribution in [3.05, 3.63) is 148 Å². The highest BCUT2D eigenvalue weighted by Crippen LogP contribution is 2.52. The number of aromatic nitrogens is 1. The zero-order valence-corrected chi connectivity index (χ0v) is 25.5. The van der Waals surface area contributed by atoms with Crippen LogP contribution in [0, 0.1) is 13.8 Å². The molecule has 0 atom stereocenters. The number of rotatable bonds is 4. The van der Waals surface area contributed by atoms with Gasteiger partial charge >= 0.3 is 0 Å². The molecule has 45 heavy (non-hydrogen) atoms. The highest BCUT2D eigenvalue weighted by Gasteiger charge is 2.40. The van der Waals surface area contributed by atoms with Crippen LogP contribution in [0.1, 0.15) is 62.8 Å². The molecule has 5 nitrogen and oxygen atoms in total. The van der Waals surface area contributed by atoms with Crippen LogP contribution in [-0.2, 0) is 5.41 Å². The predicted molar refractivity (Wildman–Crippen MR) is 179 cm³/mol. The molecule has 0 unspecified atom stereocenters. The molecule has 0 N–H and O–H groups in total. The molecule has 0 spiro atoms. The Morgan fingerprint density at radius 3 is 1.91 bits per heavy atom. The number of fused-ring (bicyclic) bond motifs is 5. The number of para-hydroxylation sites is 1. The second kappa shape index (κ2) is 9.73. The second-order valence-electron chi connectivity index (χ2n) is 12.5. The van der Waals surface area contributed by atoms with Crippen LogP contribution in [0.2, 0.25) is 0 Å². The normalized spacial score (nSPS) is 14.4. The lowest BCUT2D eigenvalue weighted by molar-refractivity contribution is 0.0990. The average Bonchev–Trinajstić information content (AvgIpc) is 3.62. The zero-order valence-electron chi connectivity index (χ0n) is 25.5. The van der Waals surface area contributed by atoms with E-state index in [-0.39, 0.29) is 22.6 Å². The largest absolute Gasteiger partial charge is 0.456 e. The molecule has 0 saturated heterocycles. The van der Waals surface area contributed by atoms with Gasteiger partial charge in [-0.05, 0) is 96.9 Å². The summed E-state index contributed by atoms with van der Waals surface area (Å²) in [6.45, 7) is 8.41. The quantitative estimate of drug-likeness (QED) is 0.152. The number of furan rings is 1. The Labute approximate surface area is 261 Å². The maximum absolute atomic E-state index is 13.4. The van der Waals surface area contributed by atoms with Gasteiger partial charge in [-0.3, -0.25) is 14.6 Å². The molecule has 2 aliphatic carbocycles. The Hall–Kier alpha value is -5.55. The van der Waals surface area contributed by atoms with E-state index >= 15 is 0 Å². The molecular weight excluding hydrogens is 556 g/mol. The zero-order chi connectivity index (χ0) is 31.0. The van der Waals surface area contributed by atoms with Crippen LogP contribution < -0.4 is 4.90 Å². The monoisotopic (exact) mass is 586 g/mol. The molecule has 0 bridgehead atoms. The summed E-state index contributed by atoms with van der Waals surface area (Å²) in [5, 5.41) is 1.88. The number of allylic oxidation sites excluding steroid dienone is 1. The number of pyridine rings is 1. The van der Waals surface area contributed by atoms with Crippen molar-refractivity contribution in [2.75, 3.05) is 4.90 Å². The third kappa shape index (κ3) is 4.19. The van der Waals surface area contributed by atoms with Crippen LogP contribution in [0.5, 0.6) is 0 Å². The van der Waals surface area contributed by atoms with Crippen molar-refractivity contribution in [1.29, 1.82) is 0 Å². The molecule has 4 aromatic carbocycles. The van der Waals surface area contributed by atoms with E-state index in [4.69, 9.17) is 4.42 Å². The first kappa shape index (κ1) is 27.0. The minimum absolute atomic E-state index is 0.141. The van der Waals surface area contributed by atoms with Gasteiger partial charge in [-0.15, -0.1) is 0 Å². The molecule has 8 rings (SSSR count). The Balaban J connectivity index is 1.19. The number of aryl methyl sites for hydroxylation is 2. The summed E-state index contributed by atoms with van der Waals surface area (Å²) in [4.78, 5) is 33.6. The van der Waals surface area contributed by atoms with Gasteiger partial charge in [0.15, 0.2) is 11.6 Å². The van der Waals surface area contributed by atoms with Crippen molar-refractivity contribution in [3.8, 4) is 11.3 Å². The maximum Gasteiger partial charge on any atom is 0.197 e. The van der Waals surface area contributed by atoms with Gasteiger partial charge in [0.2, 0.25) is 0 Å². The number of anilines is 3. The maximum atomic E-state index is 13.4. The molecule has 6 aromatic rings. The van der Waals surface area contributed by atoms with Crippen LogP contribution >= 0.6 is 0 Å². The average molecular weight is 587 g/mol. The van der Waals surface area contributed by atoms with Gasteiger partial charge < -0.3 is 9.32 Å². The first-order valence-corrected chi connectivity index (χ1v) is 15.1. The number of Topliss-reactive ketones (excluding diaryl/α,β-unsaturated/α-hetero) is 2. The van der Waals surface area contributed by atoms with Crippen molar-refractivity contribution in [2.45, 2.75) is 33.1 Å². The fraction of sp³-hybridized carbons (Fsp3) is 0.125. The van der Waals surface area contributed by atoms with E-state index < -0.39 is 0 Å². The molecule has 0 fully saturated rings. The van der Waals surface area contributed by atoms with Crippen molar-refractivity contribution < 1.29 is 14.0 Å². The number of benzene rings is 4. The molecule has 2 aromatic heterocycles. The molecule has 0 saturated carbocycles. The second-order valence-corrected chi connectivity index (χ2v) is 12.5. The van der Waals surface area contributed by atoms with Crippen LogP contribution in [0.3, 0.4) is 0 Å². The van der Waals surface area contributed by atoms with Gasteiger partial charge in [0.25, 0.3) is 0 Å². The van der Waals surface area contributed by atoms with E-state index in [0.29, 0.717) is 16.9 Å². The summed E-state index contributed by atoms with van der Waals surface area (Å²) in [5.41, 5.74) is 8.95. The van der Waals surface area contributed by atoms with Gasteiger partial charge in [0, 0.05) is 56.1 Å². The highest BCUT2D eigenvalue weighted by atomic mass is 16.3. The smallest absolute Gasteiger partial charge is 0.197 e. The highest BCUT2D eigenvalue weighted by molar-refractivity contribution is 6.42. The van der Waals surface area contributed by atoms with E-state index in [9.17, 15) is 9.59 Å². The molecule has 2 aliphatic rings. The molecular formula is C40H30N2O3. The van der Waals surface area contributed by atoms with Gasteiger partial charge in [0.05, 0.1) is 5.57 Å². The topological polar surface area (TPSA) is 63.4 Å². The lowest BCUT2D eigenvalue weighted by Gasteiger charge is -2.28. The molecule has 0 aliphatic heterocycles. The van der Waals surface area contributed by atoms with Crippen molar-refractivity contribution in [1.82, 2.24) is 4.98 Å². The van der Waals surface area contributed by atoms with Gasteiger partial charge in [-0.25, -0.2) is 0 Å². The van der Waals surface area contributed by atoms with Crippen LogP contribution in [-0.4, -0.2) is 16.6 Å². The Bertz CT molecular complexity index is 2180. The molecule has 0 amide bonds. The predicted octanol–water partition coefficient (Wildman–Crippen LogP) is 9.68. The number of carbonyl (C=O) groups is 2. The van der Waals surface area contributed by atoms with Crippen LogP contribution in [0.15, 0.2) is 113 Å². The molecule has 0 radical (unpaired) electrons. The minimum Gasteiger partial charge on any atom is -0.456 e. The fourth-order valence-electron chi connectivity index (χ4n) is 6.93. The van der Waals surface area contributed by atoms with Crippen LogP contribution in [0.4, 0.5) is 17.1 Å². The summed E-state index contributed by atoms with van der Waals surface area (Å²) >= 11 is 0. The number of hydrogen-bond acceptors (Lipinski definition) is 5. The summed E-state index contributed by atoms with van der Waals surface area (Å²) in [5.74, 6) is 0.760. The van der Waals surface area contributed by atoms with E-state index in [1.54, 1.807) is 6.08 Å². The summed E-state index contributed by atoms with van der Waals surface area (Å²) in [7, 11) is 0. The molecule has 5 heteroatoms. The van der Waals surface area contributed by atoms with E-state index in [2.05, 4.69) is 66.2 Å².